The molecular formula is C13H28N2O2. The highest BCUT2D eigenvalue weighted by Crippen LogP contribution is 2.07. The Labute approximate surface area is 105 Å². The Kier molecular flexibility index (Phi) is 8.17. The molecule has 0 bridgehead atoms. The van der Waals surface area contributed by atoms with Gasteiger partial charge in [0.25, 0.3) is 0 Å². The molecule has 0 saturated heterocycles. The normalized spacial score (nSPS) is 13.6. The molecule has 2 N–H and O–H groups in total. The predicted molar refractivity (Wildman–Crippen MR) is 71.3 cm³/mol. The van der Waals surface area contributed by atoms with Crippen molar-refractivity contribution in [1.82, 2.24) is 10.2 Å². The number of rotatable bonds is 9. The van der Waals surface area contributed by atoms with E-state index >= 15 is 0 Å². The van der Waals surface area contributed by atoms with Crippen LogP contribution < -0.4 is 5.32 Å². The van der Waals surface area contributed by atoms with Crippen LogP contribution in [0, 0.1) is 0 Å². The molecule has 0 spiro atoms. The van der Waals surface area contributed by atoms with E-state index in [2.05, 4.69) is 31.1 Å². The molecule has 1 atom stereocenters. The molecule has 0 aromatic carbocycles. The van der Waals surface area contributed by atoms with Crippen LogP contribution in [0.5, 0.6) is 0 Å². The highest BCUT2D eigenvalue weighted by Gasteiger charge is 2.19. The summed E-state index contributed by atoms with van der Waals surface area (Å²) in [5, 5.41) is 12.2. The number of aliphatic carboxylic acids is 1. The van der Waals surface area contributed by atoms with Crippen molar-refractivity contribution in [1.29, 1.82) is 0 Å². The number of carboxylic acid groups (broad SMARTS) is 1. The van der Waals surface area contributed by atoms with Crippen LogP contribution in [0.2, 0.25) is 0 Å². The quantitative estimate of drug-likeness (QED) is 0.651. The second kappa shape index (κ2) is 8.48. The van der Waals surface area contributed by atoms with Crippen molar-refractivity contribution in [2.75, 3.05) is 13.6 Å². The van der Waals surface area contributed by atoms with Gasteiger partial charge in [-0.15, -0.1) is 0 Å². The van der Waals surface area contributed by atoms with Crippen molar-refractivity contribution in [2.24, 2.45) is 0 Å². The number of hydrogen-bond donors (Lipinski definition) is 2. The van der Waals surface area contributed by atoms with Gasteiger partial charge in [0.05, 0.1) is 0 Å². The van der Waals surface area contributed by atoms with E-state index in [1.165, 1.54) is 0 Å². The fourth-order valence-electron chi connectivity index (χ4n) is 2.11. The van der Waals surface area contributed by atoms with Crippen LogP contribution in [-0.2, 0) is 4.79 Å². The minimum atomic E-state index is -0.753. The maximum absolute atomic E-state index is 11.1. The van der Waals surface area contributed by atoms with Gasteiger partial charge in [0.1, 0.15) is 6.04 Å². The zero-order valence-electron chi connectivity index (χ0n) is 11.9. The van der Waals surface area contributed by atoms with Gasteiger partial charge in [-0.1, -0.05) is 27.7 Å². The lowest BCUT2D eigenvalue weighted by molar-refractivity contribution is -0.140. The fourth-order valence-corrected chi connectivity index (χ4v) is 2.11. The third-order valence-electron chi connectivity index (χ3n) is 3.17. The van der Waals surface area contributed by atoms with Gasteiger partial charge in [-0.2, -0.15) is 0 Å². The number of hydrogen-bond acceptors (Lipinski definition) is 3. The van der Waals surface area contributed by atoms with Gasteiger partial charge in [0.2, 0.25) is 0 Å². The summed E-state index contributed by atoms with van der Waals surface area (Å²) in [6, 6.07) is 0.324. The third kappa shape index (κ3) is 6.64. The van der Waals surface area contributed by atoms with Crippen molar-refractivity contribution >= 4 is 5.97 Å². The summed E-state index contributed by atoms with van der Waals surface area (Å²) in [6.45, 7) is 9.11. The van der Waals surface area contributed by atoms with Gasteiger partial charge in [-0.25, -0.2) is 0 Å². The first-order valence-corrected chi connectivity index (χ1v) is 6.61. The topological polar surface area (TPSA) is 52.6 Å². The average Bonchev–Trinajstić information content (AvgIpc) is 2.25. The third-order valence-corrected chi connectivity index (χ3v) is 3.17. The van der Waals surface area contributed by atoms with Crippen molar-refractivity contribution < 1.29 is 9.90 Å². The summed E-state index contributed by atoms with van der Waals surface area (Å²) >= 11 is 0. The Hall–Kier alpha value is -0.610. The number of nitrogens with one attached hydrogen (secondary N) is 1. The van der Waals surface area contributed by atoms with Crippen LogP contribution in [-0.4, -0.2) is 47.7 Å². The molecule has 102 valence electrons. The average molecular weight is 244 g/mol. The van der Waals surface area contributed by atoms with Gasteiger partial charge in [0.15, 0.2) is 0 Å². The summed E-state index contributed by atoms with van der Waals surface area (Å²) < 4.78 is 0. The molecule has 0 aromatic heterocycles. The molecule has 0 fully saturated rings. The Morgan fingerprint density at radius 3 is 2.18 bits per heavy atom. The first kappa shape index (κ1) is 16.4. The zero-order chi connectivity index (χ0) is 13.4. The van der Waals surface area contributed by atoms with Gasteiger partial charge < -0.3 is 15.3 Å². The molecule has 0 radical (unpaired) electrons. The van der Waals surface area contributed by atoms with Gasteiger partial charge in [-0.3, -0.25) is 4.79 Å². The van der Waals surface area contributed by atoms with E-state index in [1.54, 1.807) is 0 Å². The lowest BCUT2D eigenvalue weighted by atomic mass is 10.1. The Balaban J connectivity index is 4.16. The van der Waals surface area contributed by atoms with E-state index in [9.17, 15) is 4.79 Å². The SMILES string of the molecule is CCC(CC)N(C)CCC(NC(C)C)C(=O)O. The molecule has 0 aliphatic rings. The van der Waals surface area contributed by atoms with Crippen molar-refractivity contribution in [3.8, 4) is 0 Å². The van der Waals surface area contributed by atoms with Crippen LogP contribution in [0.15, 0.2) is 0 Å². The molecular weight excluding hydrogens is 216 g/mol. The predicted octanol–water partition coefficient (Wildman–Crippen LogP) is 1.95. The minimum Gasteiger partial charge on any atom is -0.480 e. The highest BCUT2D eigenvalue weighted by molar-refractivity contribution is 5.73. The molecule has 0 amide bonds. The molecule has 0 aliphatic carbocycles. The molecule has 17 heavy (non-hydrogen) atoms. The van der Waals surface area contributed by atoms with Crippen molar-refractivity contribution in [2.45, 2.75) is 65.1 Å². The van der Waals surface area contributed by atoms with E-state index in [1.807, 2.05) is 13.8 Å². The maximum Gasteiger partial charge on any atom is 0.320 e. The van der Waals surface area contributed by atoms with Crippen molar-refractivity contribution in [3.63, 3.8) is 0 Å². The summed E-state index contributed by atoms with van der Waals surface area (Å²) in [6.07, 6.45) is 2.88. The van der Waals surface area contributed by atoms with Gasteiger partial charge in [-0.05, 0) is 26.3 Å². The lowest BCUT2D eigenvalue weighted by Crippen LogP contribution is -2.43. The van der Waals surface area contributed by atoms with Crippen LogP contribution in [0.1, 0.15) is 47.0 Å². The van der Waals surface area contributed by atoms with E-state index < -0.39 is 12.0 Å². The molecule has 1 unspecified atom stereocenters. The zero-order valence-corrected chi connectivity index (χ0v) is 11.9. The van der Waals surface area contributed by atoms with E-state index in [-0.39, 0.29) is 6.04 Å². The van der Waals surface area contributed by atoms with Crippen LogP contribution in [0.25, 0.3) is 0 Å². The largest absolute Gasteiger partial charge is 0.480 e. The Bertz CT molecular complexity index is 215. The van der Waals surface area contributed by atoms with Gasteiger partial charge in [0, 0.05) is 18.6 Å². The molecule has 4 nitrogen and oxygen atoms in total. The smallest absolute Gasteiger partial charge is 0.320 e. The molecule has 4 heteroatoms. The Morgan fingerprint density at radius 1 is 1.29 bits per heavy atom. The second-order valence-corrected chi connectivity index (χ2v) is 4.95. The van der Waals surface area contributed by atoms with Gasteiger partial charge >= 0.3 is 5.97 Å². The summed E-state index contributed by atoms with van der Waals surface area (Å²) in [4.78, 5) is 13.3. The summed E-state index contributed by atoms with van der Waals surface area (Å²) in [5.74, 6) is -0.753. The van der Waals surface area contributed by atoms with Crippen molar-refractivity contribution in [3.05, 3.63) is 0 Å². The molecule has 0 rings (SSSR count). The molecule has 0 aromatic rings. The number of carbonyl (C=O) groups is 1. The molecule has 0 heterocycles. The number of carboxylic acids is 1. The molecule has 0 saturated carbocycles. The van der Waals surface area contributed by atoms with E-state index in [0.717, 1.165) is 19.4 Å². The first-order chi connectivity index (χ1) is 7.92. The summed E-state index contributed by atoms with van der Waals surface area (Å²) in [7, 11) is 2.08. The summed E-state index contributed by atoms with van der Waals surface area (Å²) in [5.41, 5.74) is 0. The van der Waals surface area contributed by atoms with Crippen LogP contribution in [0.4, 0.5) is 0 Å². The fraction of sp³-hybridized carbons (Fsp3) is 0.923. The standard InChI is InChI=1S/C13H28N2O2/c1-6-11(7-2)15(5)9-8-12(13(16)17)14-10(3)4/h10-12,14H,6-9H2,1-5H3,(H,16,17). The monoisotopic (exact) mass is 244 g/mol. The number of nitrogens with zero attached hydrogens (tertiary/aromatic N) is 1. The first-order valence-electron chi connectivity index (χ1n) is 6.61. The van der Waals surface area contributed by atoms with E-state index in [4.69, 9.17) is 5.11 Å². The van der Waals surface area contributed by atoms with E-state index in [0.29, 0.717) is 12.5 Å². The maximum atomic E-state index is 11.1. The van der Waals surface area contributed by atoms with Crippen LogP contribution >= 0.6 is 0 Å². The molecule has 0 aliphatic heterocycles. The minimum absolute atomic E-state index is 0.203. The Morgan fingerprint density at radius 2 is 1.82 bits per heavy atom. The second-order valence-electron chi connectivity index (χ2n) is 4.95. The lowest BCUT2D eigenvalue weighted by Gasteiger charge is -2.27. The van der Waals surface area contributed by atoms with Crippen LogP contribution in [0.3, 0.4) is 0 Å². The highest BCUT2D eigenvalue weighted by atomic mass is 16.4.